The fraction of sp³-hybridized carbons (Fsp3) is 0.917. The van der Waals surface area contributed by atoms with Crippen LogP contribution in [0.4, 0.5) is 0 Å². The van der Waals surface area contributed by atoms with Crippen molar-refractivity contribution in [1.82, 2.24) is 4.90 Å². The number of quaternary nitrogens is 1. The van der Waals surface area contributed by atoms with Crippen molar-refractivity contribution in [1.29, 1.82) is 0 Å². The van der Waals surface area contributed by atoms with E-state index in [1.54, 1.807) is 5.70 Å². The zero-order chi connectivity index (χ0) is 19.5. The third kappa shape index (κ3) is 5.50. The van der Waals surface area contributed by atoms with Gasteiger partial charge < -0.3 is 4.90 Å². The molecule has 0 aliphatic carbocycles. The molecule has 0 N–H and O–H groups in total. The number of allylic oxidation sites excluding steroid dienone is 1. The second-order valence-electron chi connectivity index (χ2n) is 8.76. The number of hydrogen-bond donors (Lipinski definition) is 0. The minimum atomic E-state index is 0.319. The molecule has 0 spiro atoms. The van der Waals surface area contributed by atoms with E-state index in [1.807, 2.05) is 0 Å². The van der Waals surface area contributed by atoms with Gasteiger partial charge in [-0.1, -0.05) is 66.7 Å². The third-order valence-electron chi connectivity index (χ3n) is 6.59. The summed E-state index contributed by atoms with van der Waals surface area (Å²) in [6.45, 7) is 14.3. The largest absolute Gasteiger partial charge is 0.319 e. The lowest BCUT2D eigenvalue weighted by molar-refractivity contribution is -0.919. The zero-order valence-electron chi connectivity index (χ0n) is 19.1. The van der Waals surface area contributed by atoms with Crippen molar-refractivity contribution in [2.45, 2.75) is 124 Å². The monoisotopic (exact) mass is 365 g/mol. The number of nitrogens with zero attached hydrogens (tertiary/aromatic N) is 2. The number of rotatable bonds is 15. The molecule has 154 valence electrons. The maximum atomic E-state index is 2.92. The molecule has 0 radical (unpaired) electrons. The highest BCUT2D eigenvalue weighted by Crippen LogP contribution is 2.46. The number of unbranched alkanes of at least 4 members (excludes halogenated alkanes) is 5. The minimum absolute atomic E-state index is 0.319. The molecule has 0 saturated heterocycles. The first kappa shape index (κ1) is 23.5. The zero-order valence-corrected chi connectivity index (χ0v) is 19.1. The van der Waals surface area contributed by atoms with Crippen LogP contribution in [0.15, 0.2) is 11.9 Å². The van der Waals surface area contributed by atoms with Gasteiger partial charge in [-0.15, -0.1) is 0 Å². The summed E-state index contributed by atoms with van der Waals surface area (Å²) < 4.78 is 1.17. The highest BCUT2D eigenvalue weighted by Gasteiger charge is 2.55. The van der Waals surface area contributed by atoms with E-state index in [4.69, 9.17) is 0 Å². The molecule has 2 nitrogen and oxygen atoms in total. The average Bonchev–Trinajstić information content (AvgIpc) is 2.87. The lowest BCUT2D eigenvalue weighted by Gasteiger charge is -2.50. The molecule has 1 atom stereocenters. The van der Waals surface area contributed by atoms with Crippen LogP contribution in [0.25, 0.3) is 0 Å². The van der Waals surface area contributed by atoms with Gasteiger partial charge in [-0.05, 0) is 38.5 Å². The van der Waals surface area contributed by atoms with E-state index >= 15 is 0 Å². The Hall–Kier alpha value is -0.500. The van der Waals surface area contributed by atoms with Crippen molar-refractivity contribution in [3.8, 4) is 0 Å². The molecule has 0 amide bonds. The fourth-order valence-corrected chi connectivity index (χ4v) is 4.87. The summed E-state index contributed by atoms with van der Waals surface area (Å²) in [5, 5.41) is 0. The van der Waals surface area contributed by atoms with Crippen LogP contribution in [0.3, 0.4) is 0 Å². The van der Waals surface area contributed by atoms with Gasteiger partial charge in [0.15, 0.2) is 5.66 Å². The Morgan fingerprint density at radius 1 is 0.769 bits per heavy atom. The molecular weight excluding hydrogens is 316 g/mol. The van der Waals surface area contributed by atoms with Crippen molar-refractivity contribution in [3.63, 3.8) is 0 Å². The molecule has 0 aromatic heterocycles. The summed E-state index contributed by atoms with van der Waals surface area (Å²) in [7, 11) is 2.55. The van der Waals surface area contributed by atoms with Gasteiger partial charge in [0.2, 0.25) is 0 Å². The molecule has 1 heterocycles. The summed E-state index contributed by atoms with van der Waals surface area (Å²) in [6.07, 6.45) is 20.0. The Morgan fingerprint density at radius 2 is 1.31 bits per heavy atom. The van der Waals surface area contributed by atoms with Gasteiger partial charge in [0.25, 0.3) is 0 Å². The van der Waals surface area contributed by atoms with E-state index in [0.717, 1.165) is 0 Å². The second-order valence-corrected chi connectivity index (χ2v) is 8.76. The average molecular weight is 366 g/mol. The molecule has 0 aromatic carbocycles. The first-order chi connectivity index (χ1) is 12.5. The lowest BCUT2D eigenvalue weighted by Crippen LogP contribution is -2.63. The third-order valence-corrected chi connectivity index (χ3v) is 6.59. The molecule has 0 bridgehead atoms. The molecule has 26 heavy (non-hydrogen) atoms. The van der Waals surface area contributed by atoms with Crippen LogP contribution in [-0.4, -0.2) is 35.2 Å². The molecule has 0 fully saturated rings. The highest BCUT2D eigenvalue weighted by molar-refractivity contribution is 5.10. The van der Waals surface area contributed by atoms with Crippen LogP contribution in [0, 0.1) is 0 Å². The Kier molecular flexibility index (Phi) is 10.9. The van der Waals surface area contributed by atoms with Gasteiger partial charge in [-0.2, -0.15) is 0 Å². The molecule has 1 rings (SSSR count). The topological polar surface area (TPSA) is 3.24 Å². The van der Waals surface area contributed by atoms with Crippen LogP contribution in [-0.2, 0) is 0 Å². The van der Waals surface area contributed by atoms with E-state index in [0.29, 0.717) is 5.66 Å². The fourth-order valence-electron chi connectivity index (χ4n) is 4.87. The molecule has 2 heteroatoms. The molecule has 0 saturated carbocycles. The van der Waals surface area contributed by atoms with Crippen molar-refractivity contribution >= 4 is 0 Å². The SMILES string of the molecule is CCCCC1=C[N+](C)(CCCC)C(CCCC)(CCCC)N1CCCC. The van der Waals surface area contributed by atoms with Crippen molar-refractivity contribution in [2.75, 3.05) is 20.1 Å². The van der Waals surface area contributed by atoms with Crippen molar-refractivity contribution in [3.05, 3.63) is 11.9 Å². The Balaban J connectivity index is 3.28. The Labute approximate surface area is 165 Å². The summed E-state index contributed by atoms with van der Waals surface area (Å²) in [5.74, 6) is 0. The Bertz CT molecular complexity index is 393. The van der Waals surface area contributed by atoms with Gasteiger partial charge >= 0.3 is 0 Å². The molecule has 1 unspecified atom stereocenters. The summed E-state index contributed by atoms with van der Waals surface area (Å²) in [5.41, 5.74) is 1.99. The van der Waals surface area contributed by atoms with Gasteiger partial charge in [0.1, 0.15) is 6.20 Å². The van der Waals surface area contributed by atoms with Crippen LogP contribution in [0.5, 0.6) is 0 Å². The van der Waals surface area contributed by atoms with E-state index < -0.39 is 0 Å². The Morgan fingerprint density at radius 3 is 1.81 bits per heavy atom. The predicted molar refractivity (Wildman–Crippen MR) is 117 cm³/mol. The maximum Gasteiger partial charge on any atom is 0.178 e. The van der Waals surface area contributed by atoms with Crippen LogP contribution in [0.2, 0.25) is 0 Å². The summed E-state index contributed by atoms with van der Waals surface area (Å²) in [4.78, 5) is 2.92. The first-order valence-electron chi connectivity index (χ1n) is 11.9. The summed E-state index contributed by atoms with van der Waals surface area (Å²) in [6, 6.07) is 0. The van der Waals surface area contributed by atoms with Crippen molar-refractivity contribution in [2.24, 2.45) is 0 Å². The molecule has 0 aromatic rings. The second kappa shape index (κ2) is 12.1. The molecular formula is C24H49N2+. The van der Waals surface area contributed by atoms with E-state index in [2.05, 4.69) is 52.8 Å². The van der Waals surface area contributed by atoms with E-state index in [-0.39, 0.29) is 0 Å². The smallest absolute Gasteiger partial charge is 0.178 e. The normalized spacial score (nSPS) is 22.1. The quantitative estimate of drug-likeness (QED) is 0.272. The number of hydrogen-bond acceptors (Lipinski definition) is 1. The van der Waals surface area contributed by atoms with E-state index in [1.165, 1.54) is 101 Å². The standard InChI is InChI=1S/C24H49N2/c1-7-12-17-23-22-26(6,21-16-11-5)24(18-13-8-2,19-14-9-3)25(23)20-15-10-4/h22H,7-21H2,1-6H3/q+1. The van der Waals surface area contributed by atoms with Crippen LogP contribution < -0.4 is 0 Å². The maximum absolute atomic E-state index is 2.92. The van der Waals surface area contributed by atoms with Gasteiger partial charge in [-0.3, -0.25) is 4.48 Å². The van der Waals surface area contributed by atoms with Gasteiger partial charge in [-0.25, -0.2) is 0 Å². The van der Waals surface area contributed by atoms with Gasteiger partial charge in [0, 0.05) is 19.4 Å². The van der Waals surface area contributed by atoms with E-state index in [9.17, 15) is 0 Å². The molecule has 1 aliphatic heterocycles. The van der Waals surface area contributed by atoms with Gasteiger partial charge in [0.05, 0.1) is 19.3 Å². The van der Waals surface area contributed by atoms with Crippen molar-refractivity contribution < 1.29 is 4.48 Å². The predicted octanol–water partition coefficient (Wildman–Crippen LogP) is 7.46. The highest BCUT2D eigenvalue weighted by atomic mass is 15.5. The van der Waals surface area contributed by atoms with Crippen LogP contribution >= 0.6 is 0 Å². The van der Waals surface area contributed by atoms with Crippen LogP contribution in [0.1, 0.15) is 118 Å². The minimum Gasteiger partial charge on any atom is -0.319 e. The lowest BCUT2D eigenvalue weighted by atomic mass is 9.90. The first-order valence-corrected chi connectivity index (χ1v) is 11.9. The molecule has 1 aliphatic rings. The summed E-state index contributed by atoms with van der Waals surface area (Å²) >= 11 is 0.